The Hall–Kier alpha value is -3.26. The predicted octanol–water partition coefficient (Wildman–Crippen LogP) is 3.80. The molecule has 0 saturated heterocycles. The van der Waals surface area contributed by atoms with Crippen LogP contribution in [0.15, 0.2) is 48.7 Å². The molecule has 0 radical (unpaired) electrons. The quantitative estimate of drug-likeness (QED) is 0.726. The van der Waals surface area contributed by atoms with Crippen molar-refractivity contribution in [1.29, 1.82) is 5.26 Å². The van der Waals surface area contributed by atoms with Gasteiger partial charge < -0.3 is 14.5 Å². The minimum Gasteiger partial charge on any atom is -0.488 e. The molecule has 0 amide bonds. The number of ether oxygens (including phenoxy) is 2. The fourth-order valence-electron chi connectivity index (χ4n) is 2.54. The van der Waals surface area contributed by atoms with E-state index in [0.29, 0.717) is 41.0 Å². The molecule has 1 heterocycles. The first-order valence-electron chi connectivity index (χ1n) is 7.62. The minimum absolute atomic E-state index is 0.290. The van der Waals surface area contributed by atoms with Crippen molar-refractivity contribution >= 4 is 16.9 Å². The number of benzene rings is 2. The van der Waals surface area contributed by atoms with Crippen LogP contribution in [-0.2, 0) is 11.3 Å². The Morgan fingerprint density at radius 3 is 2.71 bits per heavy atom. The van der Waals surface area contributed by atoms with Gasteiger partial charge in [0, 0.05) is 6.20 Å². The van der Waals surface area contributed by atoms with Crippen molar-refractivity contribution in [1.82, 2.24) is 4.98 Å². The molecule has 0 atom stereocenters. The molecule has 5 heteroatoms. The maximum absolute atomic E-state index is 12.1. The van der Waals surface area contributed by atoms with E-state index in [0.717, 1.165) is 5.56 Å². The lowest BCUT2D eigenvalue weighted by Crippen LogP contribution is -2.06. The van der Waals surface area contributed by atoms with Crippen molar-refractivity contribution in [3.63, 3.8) is 0 Å². The average molecular weight is 320 g/mol. The van der Waals surface area contributed by atoms with Crippen LogP contribution in [0.1, 0.15) is 28.4 Å². The van der Waals surface area contributed by atoms with Gasteiger partial charge in [0.15, 0.2) is 0 Å². The van der Waals surface area contributed by atoms with Crippen molar-refractivity contribution < 1.29 is 14.3 Å². The van der Waals surface area contributed by atoms with Crippen LogP contribution < -0.4 is 4.74 Å². The highest BCUT2D eigenvalue weighted by Gasteiger charge is 2.18. The molecule has 3 rings (SSSR count). The summed E-state index contributed by atoms with van der Waals surface area (Å²) in [7, 11) is 0. The molecule has 3 aromatic rings. The third kappa shape index (κ3) is 2.95. The SMILES string of the molecule is CCOC(=O)c1ccc(OCc2ccccc2)c2c(C#N)c[nH]c12. The molecule has 0 aliphatic rings. The lowest BCUT2D eigenvalue weighted by molar-refractivity contribution is 0.0528. The molecule has 0 aliphatic heterocycles. The summed E-state index contributed by atoms with van der Waals surface area (Å²) in [5.74, 6) is 0.128. The molecular weight excluding hydrogens is 304 g/mol. The van der Waals surface area contributed by atoms with Gasteiger partial charge in [0.05, 0.1) is 28.6 Å². The molecule has 24 heavy (non-hydrogen) atoms. The smallest absolute Gasteiger partial charge is 0.340 e. The summed E-state index contributed by atoms with van der Waals surface area (Å²) in [4.78, 5) is 15.1. The van der Waals surface area contributed by atoms with E-state index in [1.165, 1.54) is 0 Å². The molecule has 0 fully saturated rings. The van der Waals surface area contributed by atoms with Gasteiger partial charge in [-0.15, -0.1) is 0 Å². The van der Waals surface area contributed by atoms with Crippen LogP contribution in [0.4, 0.5) is 0 Å². The summed E-state index contributed by atoms with van der Waals surface area (Å²) in [6, 6.07) is 15.2. The van der Waals surface area contributed by atoms with Crippen LogP contribution in [0.5, 0.6) is 5.75 Å². The monoisotopic (exact) mass is 320 g/mol. The Labute approximate surface area is 139 Å². The van der Waals surface area contributed by atoms with Crippen LogP contribution in [0.25, 0.3) is 10.9 Å². The van der Waals surface area contributed by atoms with E-state index in [9.17, 15) is 10.1 Å². The molecular formula is C19H16N2O3. The molecule has 2 aromatic carbocycles. The number of H-pyrrole nitrogens is 1. The first kappa shape index (κ1) is 15.6. The summed E-state index contributed by atoms with van der Waals surface area (Å²) in [5, 5.41) is 9.92. The number of hydrogen-bond donors (Lipinski definition) is 1. The van der Waals surface area contributed by atoms with Crippen molar-refractivity contribution in [2.45, 2.75) is 13.5 Å². The number of nitriles is 1. The Bertz CT molecular complexity index is 908. The predicted molar refractivity (Wildman–Crippen MR) is 89.7 cm³/mol. The first-order valence-corrected chi connectivity index (χ1v) is 7.62. The van der Waals surface area contributed by atoms with Gasteiger partial charge in [0.1, 0.15) is 18.4 Å². The molecule has 0 spiro atoms. The lowest BCUT2D eigenvalue weighted by Gasteiger charge is -2.10. The summed E-state index contributed by atoms with van der Waals surface area (Å²) in [6.07, 6.45) is 1.57. The van der Waals surface area contributed by atoms with Crippen LogP contribution in [0, 0.1) is 11.3 Å². The van der Waals surface area contributed by atoms with Crippen LogP contribution in [0.2, 0.25) is 0 Å². The van der Waals surface area contributed by atoms with Crippen LogP contribution in [0.3, 0.4) is 0 Å². The van der Waals surface area contributed by atoms with Crippen LogP contribution in [-0.4, -0.2) is 17.6 Å². The van der Waals surface area contributed by atoms with Gasteiger partial charge in [-0.2, -0.15) is 5.26 Å². The lowest BCUT2D eigenvalue weighted by atomic mass is 10.1. The summed E-state index contributed by atoms with van der Waals surface area (Å²) in [6.45, 7) is 2.42. The van der Waals surface area contributed by atoms with Gasteiger partial charge in [0.2, 0.25) is 0 Å². The highest BCUT2D eigenvalue weighted by atomic mass is 16.5. The third-order valence-corrected chi connectivity index (χ3v) is 3.65. The highest BCUT2D eigenvalue weighted by molar-refractivity contribution is 6.06. The maximum atomic E-state index is 12.1. The number of nitrogens with zero attached hydrogens (tertiary/aromatic N) is 1. The van der Waals surface area contributed by atoms with Gasteiger partial charge in [-0.25, -0.2) is 4.79 Å². The number of fused-ring (bicyclic) bond motifs is 1. The Balaban J connectivity index is 1.99. The summed E-state index contributed by atoms with van der Waals surface area (Å²) < 4.78 is 10.9. The number of carbonyl (C=O) groups excluding carboxylic acids is 1. The van der Waals surface area contributed by atoms with Gasteiger partial charge >= 0.3 is 5.97 Å². The largest absolute Gasteiger partial charge is 0.488 e. The highest BCUT2D eigenvalue weighted by Crippen LogP contribution is 2.32. The Morgan fingerprint density at radius 2 is 2.00 bits per heavy atom. The summed E-state index contributed by atoms with van der Waals surface area (Å²) >= 11 is 0. The average Bonchev–Trinajstić information content (AvgIpc) is 3.05. The van der Waals surface area contributed by atoms with Crippen molar-refractivity contribution in [3.05, 3.63) is 65.4 Å². The topological polar surface area (TPSA) is 75.1 Å². The van der Waals surface area contributed by atoms with E-state index in [-0.39, 0.29) is 0 Å². The maximum Gasteiger partial charge on any atom is 0.340 e. The molecule has 1 N–H and O–H groups in total. The number of esters is 1. The number of aromatic nitrogens is 1. The van der Waals surface area contributed by atoms with Gasteiger partial charge in [-0.05, 0) is 24.6 Å². The molecule has 0 saturated carbocycles. The van der Waals surface area contributed by atoms with E-state index >= 15 is 0 Å². The zero-order valence-electron chi connectivity index (χ0n) is 13.2. The fraction of sp³-hybridized carbons (Fsp3) is 0.158. The van der Waals surface area contributed by atoms with Gasteiger partial charge in [-0.3, -0.25) is 0 Å². The van der Waals surface area contributed by atoms with Crippen LogP contribution >= 0.6 is 0 Å². The molecule has 120 valence electrons. The number of hydrogen-bond acceptors (Lipinski definition) is 4. The Morgan fingerprint density at radius 1 is 1.21 bits per heavy atom. The van der Waals surface area contributed by atoms with E-state index in [2.05, 4.69) is 11.1 Å². The van der Waals surface area contributed by atoms with Gasteiger partial charge in [0.25, 0.3) is 0 Å². The van der Waals surface area contributed by atoms with Crippen molar-refractivity contribution in [3.8, 4) is 11.8 Å². The first-order chi connectivity index (χ1) is 11.7. The molecule has 5 nitrogen and oxygen atoms in total. The minimum atomic E-state index is -0.427. The zero-order chi connectivity index (χ0) is 16.9. The number of aromatic amines is 1. The van der Waals surface area contributed by atoms with Crippen molar-refractivity contribution in [2.24, 2.45) is 0 Å². The molecule has 1 aromatic heterocycles. The third-order valence-electron chi connectivity index (χ3n) is 3.65. The number of rotatable bonds is 5. The summed E-state index contributed by atoms with van der Waals surface area (Å²) in [5.41, 5.74) is 2.39. The fourth-order valence-corrected chi connectivity index (χ4v) is 2.54. The van der Waals surface area contributed by atoms with E-state index in [4.69, 9.17) is 9.47 Å². The Kier molecular flexibility index (Phi) is 4.48. The second kappa shape index (κ2) is 6.88. The standard InChI is InChI=1S/C19H16N2O3/c1-2-23-19(22)15-8-9-16(17-14(10-20)11-21-18(15)17)24-12-13-6-4-3-5-7-13/h3-9,11,21H,2,12H2,1H3. The van der Waals surface area contributed by atoms with Gasteiger partial charge in [-0.1, -0.05) is 30.3 Å². The number of nitrogens with one attached hydrogen (secondary N) is 1. The molecule has 0 unspecified atom stereocenters. The van der Waals surface area contributed by atoms with E-state index < -0.39 is 5.97 Å². The molecule has 0 aliphatic carbocycles. The second-order valence-corrected chi connectivity index (χ2v) is 5.17. The van der Waals surface area contributed by atoms with E-state index in [1.54, 1.807) is 25.3 Å². The normalized spacial score (nSPS) is 10.3. The van der Waals surface area contributed by atoms with Crippen molar-refractivity contribution in [2.75, 3.05) is 6.61 Å². The van der Waals surface area contributed by atoms with E-state index in [1.807, 2.05) is 30.3 Å². The number of carbonyl (C=O) groups is 1. The molecule has 0 bridgehead atoms. The second-order valence-electron chi connectivity index (χ2n) is 5.17. The zero-order valence-corrected chi connectivity index (χ0v) is 13.2.